The van der Waals surface area contributed by atoms with Crippen LogP contribution in [-0.4, -0.2) is 27.5 Å². The van der Waals surface area contributed by atoms with Crippen LogP contribution in [0.2, 0.25) is 10.0 Å². The van der Waals surface area contributed by atoms with Gasteiger partial charge in [-0.05, 0) is 49.4 Å². The summed E-state index contributed by atoms with van der Waals surface area (Å²) in [7, 11) is 0. The van der Waals surface area contributed by atoms with Crippen molar-refractivity contribution in [3.05, 3.63) is 49.8 Å². The summed E-state index contributed by atoms with van der Waals surface area (Å²) in [4.78, 5) is 23.6. The first-order valence-electron chi connectivity index (χ1n) is 7.15. The summed E-state index contributed by atoms with van der Waals surface area (Å²) < 4.78 is 0. The minimum absolute atomic E-state index is 0.0828. The summed E-state index contributed by atoms with van der Waals surface area (Å²) in [5.41, 5.74) is 1.67. The van der Waals surface area contributed by atoms with Crippen molar-refractivity contribution in [3.63, 3.8) is 0 Å². The van der Waals surface area contributed by atoms with Crippen LogP contribution in [0.3, 0.4) is 0 Å². The number of amides is 1. The third-order valence-corrected chi connectivity index (χ3v) is 5.67. The molecule has 0 N–H and O–H groups in total. The van der Waals surface area contributed by atoms with Gasteiger partial charge in [-0.15, -0.1) is 11.3 Å². The van der Waals surface area contributed by atoms with Crippen molar-refractivity contribution in [2.75, 3.05) is 6.54 Å². The van der Waals surface area contributed by atoms with E-state index in [0.717, 1.165) is 11.3 Å². The highest BCUT2D eigenvalue weighted by Crippen LogP contribution is 2.35. The van der Waals surface area contributed by atoms with Gasteiger partial charge in [0.05, 0.1) is 10.6 Å². The maximum absolute atomic E-state index is 12.6. The first-order chi connectivity index (χ1) is 11.5. The topological polar surface area (TPSA) is 45.6 Å². The van der Waals surface area contributed by atoms with E-state index >= 15 is 0 Å². The second kappa shape index (κ2) is 7.27. The number of benzene rings is 1. The van der Waals surface area contributed by atoms with E-state index in [4.69, 9.17) is 23.2 Å². The van der Waals surface area contributed by atoms with E-state index in [0.29, 0.717) is 31.8 Å². The summed E-state index contributed by atoms with van der Waals surface area (Å²) in [6, 6.07) is 5.19. The number of thiazole rings is 1. The van der Waals surface area contributed by atoms with E-state index in [1.54, 1.807) is 29.2 Å². The third-order valence-electron chi connectivity index (χ3n) is 3.25. The number of aliphatic imine (C=N–C) groups is 1. The molecule has 0 saturated carbocycles. The zero-order valence-corrected chi connectivity index (χ0v) is 16.1. The van der Waals surface area contributed by atoms with Gasteiger partial charge in [0.25, 0.3) is 5.91 Å². The summed E-state index contributed by atoms with van der Waals surface area (Å²) in [5, 5.41) is 4.28. The Balaban J connectivity index is 1.95. The van der Waals surface area contributed by atoms with Crippen LogP contribution in [0.4, 0.5) is 5.13 Å². The van der Waals surface area contributed by atoms with Gasteiger partial charge in [-0.25, -0.2) is 4.98 Å². The number of carbonyl (C=O) groups excluding carboxylic acids is 1. The molecular formula is C16H13Cl2N3OS2. The Hall–Kier alpha value is -1.34. The Kier molecular flexibility index (Phi) is 5.30. The lowest BCUT2D eigenvalue weighted by Crippen LogP contribution is -2.28. The Morgan fingerprint density at radius 3 is 2.79 bits per heavy atom. The van der Waals surface area contributed by atoms with Gasteiger partial charge >= 0.3 is 0 Å². The highest BCUT2D eigenvalue weighted by Gasteiger charge is 2.32. The van der Waals surface area contributed by atoms with E-state index in [-0.39, 0.29) is 5.91 Å². The molecule has 0 spiro atoms. The quantitative estimate of drug-likeness (QED) is 0.652. The number of aryl methyl sites for hydroxylation is 1. The second-order valence-corrected chi connectivity index (χ2v) is 7.68. The lowest BCUT2D eigenvalue weighted by molar-refractivity contribution is -0.122. The standard InChI is InChI=1S/C16H13Cl2N3OS2/c1-3-21-14(22)13(6-10-4-5-11(17)7-12(10)18)24-16(21)20-15-19-9(2)8-23-15/h4-8H,3H2,1-2H3/b13-6-,20-16+. The number of amidine groups is 1. The summed E-state index contributed by atoms with van der Waals surface area (Å²) in [6.07, 6.45) is 1.77. The number of carbonyl (C=O) groups is 1. The number of likely N-dealkylation sites (N-methyl/N-ethyl adjacent to an activating group) is 1. The van der Waals surface area contributed by atoms with Crippen LogP contribution in [0.5, 0.6) is 0 Å². The first-order valence-corrected chi connectivity index (χ1v) is 9.60. The van der Waals surface area contributed by atoms with Gasteiger partial charge in [0.1, 0.15) is 0 Å². The monoisotopic (exact) mass is 397 g/mol. The molecule has 0 bridgehead atoms. The zero-order valence-electron chi connectivity index (χ0n) is 12.9. The summed E-state index contributed by atoms with van der Waals surface area (Å²) in [6.45, 7) is 4.37. The predicted octanol–water partition coefficient (Wildman–Crippen LogP) is 5.38. The molecule has 4 nitrogen and oxygen atoms in total. The molecule has 124 valence electrons. The minimum atomic E-state index is -0.0828. The van der Waals surface area contributed by atoms with Crippen LogP contribution in [0.25, 0.3) is 6.08 Å². The van der Waals surface area contributed by atoms with E-state index in [9.17, 15) is 4.79 Å². The molecule has 8 heteroatoms. The normalized spacial score (nSPS) is 18.2. The SMILES string of the molecule is CCN1C(=O)/C(=C/c2ccc(Cl)cc2Cl)S/C1=N/c1nc(C)cs1. The largest absolute Gasteiger partial charge is 0.287 e. The average molecular weight is 398 g/mol. The molecule has 3 rings (SSSR count). The van der Waals surface area contributed by atoms with Crippen molar-refractivity contribution in [3.8, 4) is 0 Å². The lowest BCUT2D eigenvalue weighted by atomic mass is 10.2. The van der Waals surface area contributed by atoms with Gasteiger partial charge in [0.15, 0.2) is 5.17 Å². The number of nitrogens with zero attached hydrogens (tertiary/aromatic N) is 3. The van der Waals surface area contributed by atoms with Crippen LogP contribution < -0.4 is 0 Å². The Bertz CT molecular complexity index is 861. The zero-order chi connectivity index (χ0) is 17.3. The molecule has 2 heterocycles. The number of hydrogen-bond acceptors (Lipinski definition) is 5. The van der Waals surface area contributed by atoms with E-state index in [1.165, 1.54) is 23.1 Å². The summed E-state index contributed by atoms with van der Waals surface area (Å²) >= 11 is 14.9. The highest BCUT2D eigenvalue weighted by atomic mass is 35.5. The van der Waals surface area contributed by atoms with Crippen molar-refractivity contribution >= 4 is 68.6 Å². The minimum Gasteiger partial charge on any atom is -0.287 e. The summed E-state index contributed by atoms with van der Waals surface area (Å²) in [5.74, 6) is -0.0828. The van der Waals surface area contributed by atoms with Crippen molar-refractivity contribution in [2.24, 2.45) is 4.99 Å². The number of thioether (sulfide) groups is 1. The molecule has 0 aliphatic carbocycles. The number of aromatic nitrogens is 1. The molecule has 0 atom stereocenters. The number of hydrogen-bond donors (Lipinski definition) is 0. The molecule has 2 aromatic rings. The van der Waals surface area contributed by atoms with Gasteiger partial charge in [-0.3, -0.25) is 9.69 Å². The average Bonchev–Trinajstić information content (AvgIpc) is 3.06. The Morgan fingerprint density at radius 1 is 1.38 bits per heavy atom. The fourth-order valence-electron chi connectivity index (χ4n) is 2.10. The number of halogens is 2. The van der Waals surface area contributed by atoms with E-state index in [2.05, 4.69) is 9.98 Å². The van der Waals surface area contributed by atoms with Crippen LogP contribution in [0.1, 0.15) is 18.2 Å². The van der Waals surface area contributed by atoms with Gasteiger partial charge < -0.3 is 0 Å². The Labute approximate surface area is 158 Å². The lowest BCUT2D eigenvalue weighted by Gasteiger charge is -2.11. The van der Waals surface area contributed by atoms with Gasteiger partial charge in [-0.1, -0.05) is 29.3 Å². The molecule has 1 saturated heterocycles. The molecular weight excluding hydrogens is 385 g/mol. The van der Waals surface area contributed by atoms with Crippen LogP contribution in [0.15, 0.2) is 33.5 Å². The fraction of sp³-hybridized carbons (Fsp3) is 0.188. The predicted molar refractivity (Wildman–Crippen MR) is 103 cm³/mol. The van der Waals surface area contributed by atoms with Crippen molar-refractivity contribution < 1.29 is 4.79 Å². The molecule has 24 heavy (non-hydrogen) atoms. The molecule has 0 unspecified atom stereocenters. The Morgan fingerprint density at radius 2 is 2.17 bits per heavy atom. The number of rotatable bonds is 3. The first kappa shape index (κ1) is 17.5. The molecule has 1 aliphatic rings. The van der Waals surface area contributed by atoms with Gasteiger partial charge in [0, 0.05) is 22.0 Å². The second-order valence-electron chi connectivity index (χ2n) is 4.99. The maximum atomic E-state index is 12.6. The fourth-order valence-corrected chi connectivity index (χ4v) is 4.32. The molecule has 1 aliphatic heterocycles. The molecule has 1 aromatic heterocycles. The van der Waals surface area contributed by atoms with Crippen molar-refractivity contribution in [1.29, 1.82) is 0 Å². The van der Waals surface area contributed by atoms with Crippen LogP contribution in [0, 0.1) is 6.92 Å². The smallest absolute Gasteiger partial charge is 0.266 e. The molecule has 1 fully saturated rings. The molecule has 0 radical (unpaired) electrons. The van der Waals surface area contributed by atoms with E-state index in [1.807, 2.05) is 19.2 Å². The van der Waals surface area contributed by atoms with Crippen LogP contribution >= 0.6 is 46.3 Å². The van der Waals surface area contributed by atoms with Gasteiger partial charge in [-0.2, -0.15) is 4.99 Å². The van der Waals surface area contributed by atoms with Crippen molar-refractivity contribution in [2.45, 2.75) is 13.8 Å². The van der Waals surface area contributed by atoms with E-state index < -0.39 is 0 Å². The van der Waals surface area contributed by atoms with Gasteiger partial charge in [0.2, 0.25) is 5.13 Å². The van der Waals surface area contributed by atoms with Crippen LogP contribution in [-0.2, 0) is 4.79 Å². The van der Waals surface area contributed by atoms with Crippen molar-refractivity contribution in [1.82, 2.24) is 9.88 Å². The highest BCUT2D eigenvalue weighted by molar-refractivity contribution is 8.18. The third kappa shape index (κ3) is 3.67. The maximum Gasteiger partial charge on any atom is 0.266 e. The molecule has 1 aromatic carbocycles. The molecule has 1 amide bonds.